The Hall–Kier alpha value is -1.03. The Balaban J connectivity index is 1.56. The maximum atomic E-state index is 5.72. The van der Waals surface area contributed by atoms with E-state index in [2.05, 4.69) is 14.7 Å². The molecular formula is C13H22N4. The predicted molar refractivity (Wildman–Crippen MR) is 68.7 cm³/mol. The fourth-order valence-electron chi connectivity index (χ4n) is 3.34. The van der Waals surface area contributed by atoms with E-state index in [1.165, 1.54) is 51.6 Å². The predicted octanol–water partition coefficient (Wildman–Crippen LogP) is 2.04. The lowest BCUT2D eigenvalue weighted by Gasteiger charge is -2.36. The van der Waals surface area contributed by atoms with Gasteiger partial charge >= 0.3 is 0 Å². The quantitative estimate of drug-likeness (QED) is 0.852. The topological polar surface area (TPSA) is 47.1 Å². The molecule has 1 aliphatic carbocycles. The first-order chi connectivity index (χ1) is 8.33. The highest BCUT2D eigenvalue weighted by Crippen LogP contribution is 2.29. The molecule has 4 nitrogen and oxygen atoms in total. The molecule has 1 saturated heterocycles. The molecule has 0 radical (unpaired) electrons. The third kappa shape index (κ3) is 2.32. The van der Waals surface area contributed by atoms with E-state index in [0.29, 0.717) is 6.04 Å². The first-order valence-electron chi connectivity index (χ1n) is 6.86. The second-order valence-corrected chi connectivity index (χ2v) is 5.46. The van der Waals surface area contributed by atoms with Crippen LogP contribution in [0.1, 0.15) is 44.6 Å². The molecule has 3 rings (SSSR count). The van der Waals surface area contributed by atoms with E-state index in [4.69, 9.17) is 5.73 Å². The van der Waals surface area contributed by atoms with Gasteiger partial charge in [-0.05, 0) is 25.7 Å². The number of likely N-dealkylation sites (tertiary alicyclic amines) is 1. The molecule has 2 N–H and O–H groups in total. The highest BCUT2D eigenvalue weighted by molar-refractivity contribution is 5.30. The first kappa shape index (κ1) is 11.1. The molecular weight excluding hydrogens is 212 g/mol. The summed E-state index contributed by atoms with van der Waals surface area (Å²) in [5.74, 6) is 0. The summed E-state index contributed by atoms with van der Waals surface area (Å²) in [6, 6.07) is 1.43. The Kier molecular flexibility index (Phi) is 3.05. The minimum absolute atomic E-state index is 0.560. The molecule has 2 fully saturated rings. The van der Waals surface area contributed by atoms with E-state index in [1.54, 1.807) is 6.20 Å². The van der Waals surface area contributed by atoms with Crippen molar-refractivity contribution in [2.24, 2.45) is 0 Å². The summed E-state index contributed by atoms with van der Waals surface area (Å²) < 4.78 is 2.06. The van der Waals surface area contributed by atoms with E-state index in [-0.39, 0.29) is 0 Å². The molecule has 0 unspecified atom stereocenters. The zero-order valence-corrected chi connectivity index (χ0v) is 10.4. The fourth-order valence-corrected chi connectivity index (χ4v) is 3.34. The molecule has 1 aromatic rings. The monoisotopic (exact) mass is 234 g/mol. The molecule has 0 aromatic carbocycles. The van der Waals surface area contributed by atoms with Gasteiger partial charge < -0.3 is 10.6 Å². The van der Waals surface area contributed by atoms with Gasteiger partial charge in [0.05, 0.1) is 17.9 Å². The van der Waals surface area contributed by atoms with Gasteiger partial charge in [-0.3, -0.25) is 4.68 Å². The zero-order valence-electron chi connectivity index (χ0n) is 10.4. The number of nitrogens with zero attached hydrogens (tertiary/aromatic N) is 3. The minimum Gasteiger partial charge on any atom is -0.396 e. The van der Waals surface area contributed by atoms with Crippen molar-refractivity contribution >= 4 is 5.69 Å². The van der Waals surface area contributed by atoms with Crippen LogP contribution in [-0.2, 0) is 0 Å². The van der Waals surface area contributed by atoms with Crippen LogP contribution in [0.5, 0.6) is 0 Å². The molecule has 2 heterocycles. The third-order valence-corrected chi connectivity index (χ3v) is 4.34. The van der Waals surface area contributed by atoms with Gasteiger partial charge in [-0.2, -0.15) is 5.10 Å². The summed E-state index contributed by atoms with van der Waals surface area (Å²) in [5.41, 5.74) is 6.50. The van der Waals surface area contributed by atoms with E-state index >= 15 is 0 Å². The normalized spacial score (nSPS) is 24.5. The number of anilines is 1. The molecule has 17 heavy (non-hydrogen) atoms. The standard InChI is InChI=1S/C13H22N4/c14-11-9-15-17(10-11)13-5-7-16(8-6-13)12-3-1-2-4-12/h9-10,12-13H,1-8,14H2. The Bertz CT molecular complexity index is 359. The van der Waals surface area contributed by atoms with E-state index < -0.39 is 0 Å². The average molecular weight is 234 g/mol. The maximum Gasteiger partial charge on any atom is 0.0719 e. The van der Waals surface area contributed by atoms with Gasteiger partial charge in [-0.25, -0.2) is 0 Å². The van der Waals surface area contributed by atoms with Crippen LogP contribution in [0, 0.1) is 0 Å². The van der Waals surface area contributed by atoms with Gasteiger partial charge in [0, 0.05) is 25.3 Å². The third-order valence-electron chi connectivity index (χ3n) is 4.34. The number of rotatable bonds is 2. The van der Waals surface area contributed by atoms with Crippen LogP contribution >= 0.6 is 0 Å². The second kappa shape index (κ2) is 4.69. The zero-order chi connectivity index (χ0) is 11.7. The SMILES string of the molecule is Nc1cnn(C2CCN(C3CCCC3)CC2)c1. The van der Waals surface area contributed by atoms with Crippen molar-refractivity contribution in [2.45, 2.75) is 50.6 Å². The Morgan fingerprint density at radius 1 is 1.06 bits per heavy atom. The van der Waals surface area contributed by atoms with Gasteiger partial charge in [0.15, 0.2) is 0 Å². The number of hydrogen-bond acceptors (Lipinski definition) is 3. The van der Waals surface area contributed by atoms with Crippen molar-refractivity contribution in [3.8, 4) is 0 Å². The number of aromatic nitrogens is 2. The molecule has 0 spiro atoms. The maximum absolute atomic E-state index is 5.72. The minimum atomic E-state index is 0.560. The second-order valence-electron chi connectivity index (χ2n) is 5.46. The molecule has 1 aliphatic heterocycles. The van der Waals surface area contributed by atoms with Crippen LogP contribution in [0.2, 0.25) is 0 Å². The molecule has 2 aliphatic rings. The highest BCUT2D eigenvalue weighted by Gasteiger charge is 2.27. The van der Waals surface area contributed by atoms with Crippen molar-refractivity contribution in [1.29, 1.82) is 0 Å². The molecule has 1 saturated carbocycles. The number of hydrogen-bond donors (Lipinski definition) is 1. The van der Waals surface area contributed by atoms with Gasteiger partial charge in [0.2, 0.25) is 0 Å². The van der Waals surface area contributed by atoms with Crippen LogP contribution in [-0.4, -0.2) is 33.8 Å². The van der Waals surface area contributed by atoms with Crippen molar-refractivity contribution in [3.05, 3.63) is 12.4 Å². The largest absolute Gasteiger partial charge is 0.396 e. The summed E-state index contributed by atoms with van der Waals surface area (Å²) in [7, 11) is 0. The summed E-state index contributed by atoms with van der Waals surface area (Å²) in [6.45, 7) is 2.46. The highest BCUT2D eigenvalue weighted by atomic mass is 15.3. The van der Waals surface area contributed by atoms with Crippen molar-refractivity contribution in [1.82, 2.24) is 14.7 Å². The van der Waals surface area contributed by atoms with Crippen molar-refractivity contribution in [3.63, 3.8) is 0 Å². The Morgan fingerprint density at radius 3 is 2.35 bits per heavy atom. The van der Waals surface area contributed by atoms with Gasteiger partial charge in [0.25, 0.3) is 0 Å². The first-order valence-corrected chi connectivity index (χ1v) is 6.86. The van der Waals surface area contributed by atoms with Crippen LogP contribution in [0.3, 0.4) is 0 Å². The van der Waals surface area contributed by atoms with E-state index in [1.807, 2.05) is 6.20 Å². The summed E-state index contributed by atoms with van der Waals surface area (Å²) in [6.07, 6.45) is 11.9. The molecule has 4 heteroatoms. The Labute approximate surface area is 103 Å². The smallest absolute Gasteiger partial charge is 0.0719 e. The van der Waals surface area contributed by atoms with Gasteiger partial charge in [-0.1, -0.05) is 12.8 Å². The number of nitrogen functional groups attached to an aromatic ring is 1. The van der Waals surface area contributed by atoms with Crippen LogP contribution < -0.4 is 5.73 Å². The average Bonchev–Trinajstić information content (AvgIpc) is 3.00. The lowest BCUT2D eigenvalue weighted by molar-refractivity contribution is 0.132. The lowest BCUT2D eigenvalue weighted by Crippen LogP contribution is -2.40. The Morgan fingerprint density at radius 2 is 1.76 bits per heavy atom. The number of nitrogens with two attached hydrogens (primary N) is 1. The van der Waals surface area contributed by atoms with Crippen molar-refractivity contribution < 1.29 is 0 Å². The summed E-state index contributed by atoms with van der Waals surface area (Å²) in [4.78, 5) is 2.69. The van der Waals surface area contributed by atoms with Gasteiger partial charge in [-0.15, -0.1) is 0 Å². The summed E-state index contributed by atoms with van der Waals surface area (Å²) in [5, 5.41) is 4.34. The summed E-state index contributed by atoms with van der Waals surface area (Å²) >= 11 is 0. The molecule has 0 amide bonds. The van der Waals surface area contributed by atoms with Crippen LogP contribution in [0.4, 0.5) is 5.69 Å². The lowest BCUT2D eigenvalue weighted by atomic mass is 10.0. The van der Waals surface area contributed by atoms with E-state index in [9.17, 15) is 0 Å². The molecule has 0 bridgehead atoms. The molecule has 1 aromatic heterocycles. The fraction of sp³-hybridized carbons (Fsp3) is 0.769. The van der Waals surface area contributed by atoms with Crippen molar-refractivity contribution in [2.75, 3.05) is 18.8 Å². The van der Waals surface area contributed by atoms with Crippen LogP contribution in [0.15, 0.2) is 12.4 Å². The van der Waals surface area contributed by atoms with Gasteiger partial charge in [0.1, 0.15) is 0 Å². The molecule has 94 valence electrons. The van der Waals surface area contributed by atoms with E-state index in [0.717, 1.165) is 11.7 Å². The number of piperidine rings is 1. The van der Waals surface area contributed by atoms with Crippen LogP contribution in [0.25, 0.3) is 0 Å². The molecule has 0 atom stereocenters.